The zero-order valence-electron chi connectivity index (χ0n) is 12.1. The van der Waals surface area contributed by atoms with Gasteiger partial charge in [0.25, 0.3) is 0 Å². The summed E-state index contributed by atoms with van der Waals surface area (Å²) in [5.41, 5.74) is 8.26. The molecule has 106 valence electrons. The van der Waals surface area contributed by atoms with Gasteiger partial charge in [0, 0.05) is 11.6 Å². The number of ether oxygens (including phenoxy) is 1. The van der Waals surface area contributed by atoms with Gasteiger partial charge >= 0.3 is 0 Å². The fourth-order valence-electron chi connectivity index (χ4n) is 2.13. The molecule has 0 bridgehead atoms. The maximum atomic E-state index is 13.7. The summed E-state index contributed by atoms with van der Waals surface area (Å²) in [6.45, 7) is 5.62. The summed E-state index contributed by atoms with van der Waals surface area (Å²) in [5, 5.41) is 0. The second-order valence-electron chi connectivity index (χ2n) is 4.99. The summed E-state index contributed by atoms with van der Waals surface area (Å²) in [5.74, 6) is 1.16. The molecular weight excluding hydrogens is 253 g/mol. The highest BCUT2D eigenvalue weighted by Gasteiger charge is 2.14. The lowest BCUT2D eigenvalue weighted by atomic mass is 10.0. The molecule has 3 heteroatoms. The molecule has 0 saturated carbocycles. The fourth-order valence-corrected chi connectivity index (χ4v) is 2.13. The molecule has 1 atom stereocenters. The predicted octanol–water partition coefficient (Wildman–Crippen LogP) is 4.51. The highest BCUT2D eigenvalue weighted by molar-refractivity contribution is 5.44. The quantitative estimate of drug-likeness (QED) is 0.889. The molecule has 0 unspecified atom stereocenters. The maximum absolute atomic E-state index is 13.7. The second-order valence-corrected chi connectivity index (χ2v) is 4.99. The van der Waals surface area contributed by atoms with Crippen LogP contribution >= 0.6 is 0 Å². The molecule has 0 amide bonds. The van der Waals surface area contributed by atoms with Crippen molar-refractivity contribution in [2.75, 3.05) is 0 Å². The van der Waals surface area contributed by atoms with Crippen molar-refractivity contribution < 1.29 is 9.13 Å². The van der Waals surface area contributed by atoms with E-state index in [2.05, 4.69) is 6.92 Å². The van der Waals surface area contributed by atoms with Crippen molar-refractivity contribution in [3.63, 3.8) is 0 Å². The van der Waals surface area contributed by atoms with E-state index in [1.165, 1.54) is 6.07 Å². The van der Waals surface area contributed by atoms with Gasteiger partial charge in [0.2, 0.25) is 0 Å². The largest absolute Gasteiger partial charge is 0.457 e. The van der Waals surface area contributed by atoms with Crippen molar-refractivity contribution in [2.45, 2.75) is 33.2 Å². The zero-order valence-corrected chi connectivity index (χ0v) is 12.1. The van der Waals surface area contributed by atoms with Gasteiger partial charge in [-0.25, -0.2) is 4.39 Å². The zero-order chi connectivity index (χ0) is 14.7. The minimum atomic E-state index is -0.283. The molecule has 2 N–H and O–H groups in total. The summed E-state index contributed by atoms with van der Waals surface area (Å²) >= 11 is 0. The topological polar surface area (TPSA) is 35.2 Å². The van der Waals surface area contributed by atoms with Gasteiger partial charge in [0.15, 0.2) is 0 Å². The molecular formula is C17H20FNO. The Balaban J connectivity index is 2.45. The summed E-state index contributed by atoms with van der Waals surface area (Å²) in [6.07, 6.45) is 0.879. The summed E-state index contributed by atoms with van der Waals surface area (Å²) < 4.78 is 19.7. The van der Waals surface area contributed by atoms with Crippen molar-refractivity contribution in [1.29, 1.82) is 0 Å². The predicted molar refractivity (Wildman–Crippen MR) is 79.6 cm³/mol. The lowest BCUT2D eigenvalue weighted by Crippen LogP contribution is -2.08. The van der Waals surface area contributed by atoms with Crippen molar-refractivity contribution >= 4 is 0 Å². The Labute approximate surface area is 119 Å². The average Bonchev–Trinajstić information content (AvgIpc) is 2.43. The van der Waals surface area contributed by atoms with Crippen molar-refractivity contribution in [3.05, 3.63) is 58.9 Å². The Bertz CT molecular complexity index is 608. The van der Waals surface area contributed by atoms with Crippen LogP contribution in [-0.4, -0.2) is 0 Å². The third-order valence-corrected chi connectivity index (χ3v) is 3.36. The van der Waals surface area contributed by atoms with E-state index in [0.29, 0.717) is 16.9 Å². The number of para-hydroxylation sites is 1. The molecule has 0 fully saturated rings. The second kappa shape index (κ2) is 6.06. The Hall–Kier alpha value is -1.87. The van der Waals surface area contributed by atoms with Crippen LogP contribution in [0, 0.1) is 12.7 Å². The van der Waals surface area contributed by atoms with E-state index in [-0.39, 0.29) is 11.9 Å². The highest BCUT2D eigenvalue weighted by atomic mass is 19.1. The summed E-state index contributed by atoms with van der Waals surface area (Å²) in [4.78, 5) is 0. The number of halogens is 1. The monoisotopic (exact) mass is 273 g/mol. The van der Waals surface area contributed by atoms with Crippen LogP contribution in [0.3, 0.4) is 0 Å². The SMILES string of the molecule is CCc1ccccc1Oc1cc(C)c(F)cc1[C@@H](C)N. The normalized spacial score (nSPS) is 12.2. The van der Waals surface area contributed by atoms with Crippen LogP contribution in [0.1, 0.15) is 36.6 Å². The molecule has 0 aliphatic rings. The standard InChI is InChI=1S/C17H20FNO/c1-4-13-7-5-6-8-16(13)20-17-9-11(2)15(18)10-14(17)12(3)19/h5-10,12H,4,19H2,1-3H3/t12-/m1/s1. The van der Waals surface area contributed by atoms with E-state index in [0.717, 1.165) is 17.7 Å². The molecule has 0 radical (unpaired) electrons. The number of nitrogens with two attached hydrogens (primary N) is 1. The lowest BCUT2D eigenvalue weighted by Gasteiger charge is -2.16. The third-order valence-electron chi connectivity index (χ3n) is 3.36. The van der Waals surface area contributed by atoms with Gasteiger partial charge in [-0.05, 0) is 49.6 Å². The molecule has 0 aliphatic heterocycles. The molecule has 20 heavy (non-hydrogen) atoms. The number of benzene rings is 2. The van der Waals surface area contributed by atoms with Gasteiger partial charge in [-0.15, -0.1) is 0 Å². The van der Waals surface area contributed by atoms with Crippen LogP contribution in [0.15, 0.2) is 36.4 Å². The van der Waals surface area contributed by atoms with Gasteiger partial charge in [0.1, 0.15) is 17.3 Å². The Morgan fingerprint density at radius 1 is 1.20 bits per heavy atom. The van der Waals surface area contributed by atoms with Crippen molar-refractivity contribution in [3.8, 4) is 11.5 Å². The first-order valence-electron chi connectivity index (χ1n) is 6.84. The van der Waals surface area contributed by atoms with Gasteiger partial charge in [0.05, 0.1) is 0 Å². The van der Waals surface area contributed by atoms with Crippen LogP contribution in [0.5, 0.6) is 11.5 Å². The summed E-state index contributed by atoms with van der Waals surface area (Å²) in [6, 6.07) is 10.7. The minimum absolute atomic E-state index is 0.256. The molecule has 0 saturated heterocycles. The molecule has 0 heterocycles. The molecule has 2 aromatic rings. The van der Waals surface area contributed by atoms with Crippen LogP contribution in [0.25, 0.3) is 0 Å². The van der Waals surface area contributed by atoms with Gasteiger partial charge < -0.3 is 10.5 Å². The van der Waals surface area contributed by atoms with Gasteiger partial charge in [-0.1, -0.05) is 25.1 Å². The fraction of sp³-hybridized carbons (Fsp3) is 0.294. The van der Waals surface area contributed by atoms with Gasteiger partial charge in [-0.3, -0.25) is 0 Å². The molecule has 0 spiro atoms. The smallest absolute Gasteiger partial charge is 0.132 e. The van der Waals surface area contributed by atoms with E-state index >= 15 is 0 Å². The van der Waals surface area contributed by atoms with E-state index in [1.54, 1.807) is 13.0 Å². The summed E-state index contributed by atoms with van der Waals surface area (Å²) in [7, 11) is 0. The van der Waals surface area contributed by atoms with E-state index in [9.17, 15) is 4.39 Å². The van der Waals surface area contributed by atoms with Crippen LogP contribution in [-0.2, 0) is 6.42 Å². The van der Waals surface area contributed by atoms with Crippen molar-refractivity contribution in [2.24, 2.45) is 5.73 Å². The van der Waals surface area contributed by atoms with Crippen molar-refractivity contribution in [1.82, 2.24) is 0 Å². The molecule has 0 aromatic heterocycles. The third kappa shape index (κ3) is 2.99. The minimum Gasteiger partial charge on any atom is -0.457 e. The average molecular weight is 273 g/mol. The first-order valence-corrected chi connectivity index (χ1v) is 6.84. The van der Waals surface area contributed by atoms with Gasteiger partial charge in [-0.2, -0.15) is 0 Å². The van der Waals surface area contributed by atoms with E-state index < -0.39 is 0 Å². The van der Waals surface area contributed by atoms with E-state index in [4.69, 9.17) is 10.5 Å². The Morgan fingerprint density at radius 2 is 1.90 bits per heavy atom. The number of hydrogen-bond acceptors (Lipinski definition) is 2. The molecule has 2 nitrogen and oxygen atoms in total. The Morgan fingerprint density at radius 3 is 2.55 bits per heavy atom. The van der Waals surface area contributed by atoms with Crippen LogP contribution in [0.2, 0.25) is 0 Å². The molecule has 2 rings (SSSR count). The maximum Gasteiger partial charge on any atom is 0.132 e. The van der Waals surface area contributed by atoms with E-state index in [1.807, 2.05) is 31.2 Å². The number of aryl methyl sites for hydroxylation is 2. The first kappa shape index (κ1) is 14.5. The number of hydrogen-bond donors (Lipinski definition) is 1. The molecule has 0 aliphatic carbocycles. The number of rotatable bonds is 4. The highest BCUT2D eigenvalue weighted by Crippen LogP contribution is 2.32. The van der Waals surface area contributed by atoms with Crippen LogP contribution < -0.4 is 10.5 Å². The first-order chi connectivity index (χ1) is 9.52. The van der Waals surface area contributed by atoms with Crippen LogP contribution in [0.4, 0.5) is 4.39 Å². The molecule has 2 aromatic carbocycles. The Kier molecular flexibility index (Phi) is 4.40. The lowest BCUT2D eigenvalue weighted by molar-refractivity contribution is 0.463.